The topological polar surface area (TPSA) is 98.0 Å². The number of carboxylic acid groups (broad SMARTS) is 1. The summed E-state index contributed by atoms with van der Waals surface area (Å²) in [7, 11) is 0. The molecule has 2 rings (SSSR count). The summed E-state index contributed by atoms with van der Waals surface area (Å²) in [6.07, 6.45) is 9.34. The average Bonchev–Trinajstić information content (AvgIpc) is 3.11. The molecule has 8 heteroatoms. The fraction of sp³-hybridized carbons (Fsp3) is 0.571. The number of hydrogen-bond donors (Lipinski definition) is 4. The van der Waals surface area contributed by atoms with Gasteiger partial charge >= 0.3 is 5.97 Å². The first-order chi connectivity index (χ1) is 13.8. The summed E-state index contributed by atoms with van der Waals surface area (Å²) in [5.41, 5.74) is 1.15. The lowest BCUT2D eigenvalue weighted by Crippen LogP contribution is -2.20. The van der Waals surface area contributed by atoms with E-state index in [4.69, 9.17) is 5.11 Å². The van der Waals surface area contributed by atoms with Crippen molar-refractivity contribution in [2.24, 2.45) is 11.8 Å². The van der Waals surface area contributed by atoms with Crippen LogP contribution in [0.2, 0.25) is 0 Å². The number of halogens is 2. The molecular weight excluding hydrogens is 524 g/mol. The largest absolute Gasteiger partial charge is 0.481 e. The SMILES string of the molecule is O=C(O)CCCC=CC[C@H]1C(O)CC(O)[C@@H]1C=CC(O)CCc1cc(Br)sc1Br. The van der Waals surface area contributed by atoms with Gasteiger partial charge in [0.25, 0.3) is 0 Å². The molecule has 0 aliphatic heterocycles. The Kier molecular flexibility index (Phi) is 10.6. The van der Waals surface area contributed by atoms with Gasteiger partial charge in [0, 0.05) is 18.8 Å². The minimum Gasteiger partial charge on any atom is -0.481 e. The van der Waals surface area contributed by atoms with Crippen molar-refractivity contribution in [2.45, 2.75) is 63.3 Å². The summed E-state index contributed by atoms with van der Waals surface area (Å²) in [6, 6.07) is 2.04. The first-order valence-electron chi connectivity index (χ1n) is 9.81. The zero-order valence-electron chi connectivity index (χ0n) is 16.1. The smallest absolute Gasteiger partial charge is 0.303 e. The maximum Gasteiger partial charge on any atom is 0.303 e. The zero-order valence-corrected chi connectivity index (χ0v) is 20.1. The molecule has 162 valence electrons. The van der Waals surface area contributed by atoms with Crippen molar-refractivity contribution in [3.05, 3.63) is 43.5 Å². The Balaban J connectivity index is 1.84. The van der Waals surface area contributed by atoms with Gasteiger partial charge in [-0.1, -0.05) is 24.3 Å². The Labute approximate surface area is 192 Å². The van der Waals surface area contributed by atoms with Crippen molar-refractivity contribution in [3.63, 3.8) is 0 Å². The highest BCUT2D eigenvalue weighted by atomic mass is 79.9. The van der Waals surface area contributed by atoms with Crippen LogP contribution in [0.15, 0.2) is 37.9 Å². The quantitative estimate of drug-likeness (QED) is 0.236. The highest BCUT2D eigenvalue weighted by Gasteiger charge is 2.39. The summed E-state index contributed by atoms with van der Waals surface area (Å²) in [5.74, 6) is -1.10. The number of aliphatic carboxylic acids is 1. The number of aliphatic hydroxyl groups is 3. The lowest BCUT2D eigenvalue weighted by atomic mass is 9.89. The third-order valence-electron chi connectivity index (χ3n) is 5.24. The summed E-state index contributed by atoms with van der Waals surface area (Å²) in [5, 5.41) is 39.5. The van der Waals surface area contributed by atoms with Crippen LogP contribution in [0.1, 0.15) is 44.1 Å². The molecule has 1 saturated carbocycles. The Bertz CT molecular complexity index is 718. The van der Waals surface area contributed by atoms with Crippen molar-refractivity contribution < 1.29 is 25.2 Å². The van der Waals surface area contributed by atoms with Crippen molar-refractivity contribution in [3.8, 4) is 0 Å². The number of carboxylic acids is 1. The fourth-order valence-corrected chi connectivity index (χ4v) is 6.56. The molecule has 0 bridgehead atoms. The number of carbonyl (C=O) groups is 1. The van der Waals surface area contributed by atoms with E-state index in [1.54, 1.807) is 17.4 Å². The zero-order chi connectivity index (χ0) is 21.4. The monoisotopic (exact) mass is 550 g/mol. The Hall–Kier alpha value is -0.510. The second-order valence-corrected chi connectivity index (χ2v) is 11.2. The van der Waals surface area contributed by atoms with E-state index in [-0.39, 0.29) is 18.3 Å². The number of unbranched alkanes of at least 4 members (excludes halogenated alkanes) is 1. The van der Waals surface area contributed by atoms with Crippen LogP contribution < -0.4 is 0 Å². The number of hydrogen-bond acceptors (Lipinski definition) is 5. The molecule has 0 amide bonds. The lowest BCUT2D eigenvalue weighted by Gasteiger charge is -2.19. The maximum atomic E-state index is 10.5. The van der Waals surface area contributed by atoms with Crippen LogP contribution in [0, 0.1) is 11.8 Å². The van der Waals surface area contributed by atoms with Crippen LogP contribution in [0.25, 0.3) is 0 Å². The minimum absolute atomic E-state index is 0.105. The fourth-order valence-electron chi connectivity index (χ4n) is 3.65. The van der Waals surface area contributed by atoms with Crippen LogP contribution in [-0.2, 0) is 11.2 Å². The van der Waals surface area contributed by atoms with Crippen LogP contribution in [0.4, 0.5) is 0 Å². The number of rotatable bonds is 11. The molecule has 1 aliphatic carbocycles. The molecule has 0 radical (unpaired) electrons. The predicted molar refractivity (Wildman–Crippen MR) is 122 cm³/mol. The molecule has 1 fully saturated rings. The molecule has 29 heavy (non-hydrogen) atoms. The highest BCUT2D eigenvalue weighted by molar-refractivity contribution is 9.12. The van der Waals surface area contributed by atoms with Gasteiger partial charge in [-0.2, -0.15) is 0 Å². The summed E-state index contributed by atoms with van der Waals surface area (Å²) >= 11 is 8.58. The number of allylic oxidation sites excluding steroid dienone is 2. The molecule has 1 aliphatic rings. The molecule has 0 spiro atoms. The maximum absolute atomic E-state index is 10.5. The first kappa shape index (κ1) is 24.8. The molecule has 5 atom stereocenters. The second-order valence-electron chi connectivity index (χ2n) is 7.45. The summed E-state index contributed by atoms with van der Waals surface area (Å²) in [4.78, 5) is 10.5. The van der Waals surface area contributed by atoms with Gasteiger partial charge in [0.15, 0.2) is 0 Å². The third-order valence-corrected chi connectivity index (χ3v) is 7.71. The Morgan fingerprint density at radius 3 is 2.69 bits per heavy atom. The van der Waals surface area contributed by atoms with Gasteiger partial charge in [-0.25, -0.2) is 0 Å². The van der Waals surface area contributed by atoms with Crippen molar-refractivity contribution >= 4 is 49.2 Å². The molecule has 0 aromatic carbocycles. The number of aliphatic hydroxyl groups excluding tert-OH is 3. The van der Waals surface area contributed by atoms with Crippen LogP contribution in [0.5, 0.6) is 0 Å². The second kappa shape index (κ2) is 12.4. The average molecular weight is 552 g/mol. The summed E-state index contributed by atoms with van der Waals surface area (Å²) < 4.78 is 2.11. The third kappa shape index (κ3) is 8.26. The predicted octanol–water partition coefficient (Wildman–Crippen LogP) is 4.68. The molecule has 5 nitrogen and oxygen atoms in total. The van der Waals surface area contributed by atoms with Crippen molar-refractivity contribution in [1.82, 2.24) is 0 Å². The molecular formula is C21H28Br2O5S. The molecule has 0 saturated heterocycles. The van der Waals surface area contributed by atoms with Gasteiger partial charge in [-0.05, 0) is 81.5 Å². The van der Waals surface area contributed by atoms with Crippen molar-refractivity contribution in [1.29, 1.82) is 0 Å². The number of aryl methyl sites for hydroxylation is 1. The minimum atomic E-state index is -0.796. The van der Waals surface area contributed by atoms with Gasteiger partial charge in [-0.3, -0.25) is 4.79 Å². The van der Waals surface area contributed by atoms with Gasteiger partial charge in [0.1, 0.15) is 0 Å². The lowest BCUT2D eigenvalue weighted by molar-refractivity contribution is -0.137. The highest BCUT2D eigenvalue weighted by Crippen LogP contribution is 2.36. The van der Waals surface area contributed by atoms with E-state index in [1.165, 1.54) is 0 Å². The van der Waals surface area contributed by atoms with Crippen molar-refractivity contribution in [2.75, 3.05) is 0 Å². The first-order valence-corrected chi connectivity index (χ1v) is 12.2. The Morgan fingerprint density at radius 2 is 2.03 bits per heavy atom. The van der Waals surface area contributed by atoms with Crippen LogP contribution in [-0.4, -0.2) is 44.7 Å². The molecule has 1 aromatic heterocycles. The molecule has 3 unspecified atom stereocenters. The molecule has 4 N–H and O–H groups in total. The van der Waals surface area contributed by atoms with Crippen LogP contribution in [0.3, 0.4) is 0 Å². The van der Waals surface area contributed by atoms with E-state index in [0.717, 1.165) is 19.6 Å². The van der Waals surface area contributed by atoms with Gasteiger partial charge < -0.3 is 20.4 Å². The van der Waals surface area contributed by atoms with E-state index in [9.17, 15) is 20.1 Å². The molecule has 1 heterocycles. The molecule has 1 aromatic rings. The van der Waals surface area contributed by atoms with E-state index >= 15 is 0 Å². The standard InChI is InChI=1S/C21H28Br2O5S/c22-19-11-13(21(23)29-19)7-8-14(24)9-10-16-15(17(25)12-18(16)26)5-3-1-2-4-6-20(27)28/h1,3,9-11,14-18,24-26H,2,4-8,12H2,(H,27,28)/t14?,15-,16-,17?,18?/m1/s1. The normalized spacial score (nSPS) is 26.0. The van der Waals surface area contributed by atoms with E-state index in [0.29, 0.717) is 32.1 Å². The number of thiophene rings is 1. The summed E-state index contributed by atoms with van der Waals surface area (Å²) in [6.45, 7) is 0. The van der Waals surface area contributed by atoms with E-state index < -0.39 is 24.3 Å². The van der Waals surface area contributed by atoms with Gasteiger partial charge in [0.2, 0.25) is 0 Å². The van der Waals surface area contributed by atoms with Gasteiger partial charge in [-0.15, -0.1) is 11.3 Å². The van der Waals surface area contributed by atoms with Crippen LogP contribution >= 0.6 is 43.2 Å². The van der Waals surface area contributed by atoms with E-state index in [1.807, 2.05) is 24.3 Å². The van der Waals surface area contributed by atoms with Gasteiger partial charge in [0.05, 0.1) is 25.9 Å². The Morgan fingerprint density at radius 1 is 1.28 bits per heavy atom. The van der Waals surface area contributed by atoms with E-state index in [2.05, 4.69) is 31.9 Å².